The van der Waals surface area contributed by atoms with Crippen molar-refractivity contribution in [1.82, 2.24) is 0 Å². The average Bonchev–Trinajstić information content (AvgIpc) is 2.73. The normalized spacial score (nSPS) is 20.6. The fraction of sp³-hybridized carbons (Fsp3) is 0.667. The number of nitrogens with two attached hydrogens (primary N) is 2. The minimum Gasteiger partial charge on any atom is -0.370 e. The smallest absolute Gasteiger partial charge is 0.217 e. The molecule has 1 aromatic carbocycles. The Morgan fingerprint density at radius 1 is 1.00 bits per heavy atom. The lowest BCUT2D eigenvalue weighted by atomic mass is 9.78. The molecule has 0 heterocycles. The van der Waals surface area contributed by atoms with Gasteiger partial charge in [-0.05, 0) is 68.9 Å². The van der Waals surface area contributed by atoms with Crippen LogP contribution in [0, 0.1) is 11.8 Å². The maximum atomic E-state index is 12.8. The lowest BCUT2D eigenvalue weighted by molar-refractivity contribution is -0.118. The number of benzene rings is 1. The van der Waals surface area contributed by atoms with E-state index in [0.29, 0.717) is 24.0 Å². The van der Waals surface area contributed by atoms with E-state index in [1.54, 1.807) is 0 Å². The Hall–Kier alpha value is -1.68. The summed E-state index contributed by atoms with van der Waals surface area (Å²) >= 11 is 0. The molecule has 1 fully saturated rings. The van der Waals surface area contributed by atoms with Gasteiger partial charge in [-0.3, -0.25) is 9.59 Å². The predicted octanol–water partition coefficient (Wildman–Crippen LogP) is 4.95. The van der Waals surface area contributed by atoms with Crippen molar-refractivity contribution in [2.75, 3.05) is 6.54 Å². The number of unbranched alkanes of at least 4 members (excludes halogenated alkanes) is 2. The molecule has 0 bridgehead atoms. The van der Waals surface area contributed by atoms with Gasteiger partial charge in [0, 0.05) is 17.9 Å². The SMILES string of the molecule is CCCCC(CCCCC(N)=O)c1ccc(C(=O)C2CCC(CN)CC2)cc1. The van der Waals surface area contributed by atoms with Crippen LogP contribution in [0.3, 0.4) is 0 Å². The molecule has 1 atom stereocenters. The summed E-state index contributed by atoms with van der Waals surface area (Å²) in [6.45, 7) is 2.96. The van der Waals surface area contributed by atoms with Crippen LogP contribution in [0.25, 0.3) is 0 Å². The molecule has 4 heteroatoms. The first-order chi connectivity index (χ1) is 13.5. The van der Waals surface area contributed by atoms with Crippen LogP contribution in [0.1, 0.15) is 99.4 Å². The summed E-state index contributed by atoms with van der Waals surface area (Å²) in [7, 11) is 0. The molecule has 156 valence electrons. The van der Waals surface area contributed by atoms with Crippen LogP contribution in [0.15, 0.2) is 24.3 Å². The van der Waals surface area contributed by atoms with Crippen LogP contribution in [0.4, 0.5) is 0 Å². The van der Waals surface area contributed by atoms with Crippen molar-refractivity contribution in [1.29, 1.82) is 0 Å². The zero-order chi connectivity index (χ0) is 20.4. The van der Waals surface area contributed by atoms with Crippen LogP contribution in [-0.2, 0) is 4.79 Å². The fourth-order valence-corrected chi connectivity index (χ4v) is 4.43. The summed E-state index contributed by atoms with van der Waals surface area (Å²) in [6, 6.07) is 8.34. The molecular formula is C24H38N2O2. The second-order valence-electron chi connectivity index (χ2n) is 8.49. The number of carbonyl (C=O) groups excluding carboxylic acids is 2. The van der Waals surface area contributed by atoms with E-state index in [1.165, 1.54) is 18.4 Å². The fourth-order valence-electron chi connectivity index (χ4n) is 4.43. The first kappa shape index (κ1) is 22.6. The molecule has 0 saturated heterocycles. The molecule has 1 amide bonds. The number of primary amides is 1. The first-order valence-corrected chi connectivity index (χ1v) is 11.2. The van der Waals surface area contributed by atoms with E-state index < -0.39 is 0 Å². The van der Waals surface area contributed by atoms with E-state index in [1.807, 2.05) is 12.1 Å². The van der Waals surface area contributed by atoms with E-state index in [9.17, 15) is 9.59 Å². The van der Waals surface area contributed by atoms with E-state index in [4.69, 9.17) is 11.5 Å². The van der Waals surface area contributed by atoms with Gasteiger partial charge in [0.1, 0.15) is 0 Å². The molecule has 1 aliphatic carbocycles. The maximum absolute atomic E-state index is 12.8. The van der Waals surface area contributed by atoms with Gasteiger partial charge in [-0.15, -0.1) is 0 Å². The van der Waals surface area contributed by atoms with Gasteiger partial charge in [-0.1, -0.05) is 50.5 Å². The van der Waals surface area contributed by atoms with Crippen molar-refractivity contribution in [3.8, 4) is 0 Å². The molecule has 4 nitrogen and oxygen atoms in total. The zero-order valence-corrected chi connectivity index (χ0v) is 17.5. The van der Waals surface area contributed by atoms with Gasteiger partial charge in [0.2, 0.25) is 5.91 Å². The van der Waals surface area contributed by atoms with Crippen LogP contribution in [0.5, 0.6) is 0 Å². The van der Waals surface area contributed by atoms with Crippen molar-refractivity contribution < 1.29 is 9.59 Å². The van der Waals surface area contributed by atoms with Crippen molar-refractivity contribution in [3.05, 3.63) is 35.4 Å². The molecule has 0 spiro atoms. The Labute approximate surface area is 170 Å². The largest absolute Gasteiger partial charge is 0.370 e. The lowest BCUT2D eigenvalue weighted by Gasteiger charge is -2.26. The van der Waals surface area contributed by atoms with Crippen molar-refractivity contribution >= 4 is 11.7 Å². The third-order valence-corrected chi connectivity index (χ3v) is 6.35. The molecule has 28 heavy (non-hydrogen) atoms. The number of amides is 1. The first-order valence-electron chi connectivity index (χ1n) is 11.2. The summed E-state index contributed by atoms with van der Waals surface area (Å²) in [5, 5.41) is 0. The van der Waals surface area contributed by atoms with Crippen molar-refractivity contribution in [2.24, 2.45) is 23.3 Å². The topological polar surface area (TPSA) is 86.2 Å². The standard InChI is InChI=1S/C24H38N2O2/c1-2-3-6-19(7-4-5-8-23(26)27)20-13-15-22(16-14-20)24(28)21-11-9-18(17-25)10-12-21/h13-16,18-19,21H,2-12,17,25H2,1H3,(H2,26,27). The highest BCUT2D eigenvalue weighted by molar-refractivity contribution is 5.97. The quantitative estimate of drug-likeness (QED) is 0.393. The predicted molar refractivity (Wildman–Crippen MR) is 115 cm³/mol. The van der Waals surface area contributed by atoms with E-state index >= 15 is 0 Å². The molecule has 1 aromatic rings. The van der Waals surface area contributed by atoms with Gasteiger partial charge in [0.15, 0.2) is 5.78 Å². The Morgan fingerprint density at radius 3 is 2.21 bits per heavy atom. The molecule has 1 saturated carbocycles. The van der Waals surface area contributed by atoms with Gasteiger partial charge in [-0.25, -0.2) is 0 Å². The third-order valence-electron chi connectivity index (χ3n) is 6.35. The van der Waals surface area contributed by atoms with E-state index in [0.717, 1.165) is 63.5 Å². The number of hydrogen-bond donors (Lipinski definition) is 2. The Morgan fingerprint density at radius 2 is 1.64 bits per heavy atom. The van der Waals surface area contributed by atoms with Gasteiger partial charge < -0.3 is 11.5 Å². The highest BCUT2D eigenvalue weighted by atomic mass is 16.1. The monoisotopic (exact) mass is 386 g/mol. The molecule has 0 aromatic heterocycles. The van der Waals surface area contributed by atoms with Crippen LogP contribution < -0.4 is 11.5 Å². The second-order valence-corrected chi connectivity index (χ2v) is 8.49. The summed E-state index contributed by atoms with van der Waals surface area (Å²) < 4.78 is 0. The Bertz CT molecular complexity index is 604. The third kappa shape index (κ3) is 7.05. The number of ketones is 1. The Balaban J connectivity index is 1.94. The van der Waals surface area contributed by atoms with Gasteiger partial charge in [-0.2, -0.15) is 0 Å². The molecule has 0 radical (unpaired) electrons. The molecular weight excluding hydrogens is 348 g/mol. The average molecular weight is 387 g/mol. The van der Waals surface area contributed by atoms with Crippen LogP contribution in [0.2, 0.25) is 0 Å². The molecule has 4 N–H and O–H groups in total. The summed E-state index contributed by atoms with van der Waals surface area (Å²) in [4.78, 5) is 23.8. The van der Waals surface area contributed by atoms with Gasteiger partial charge in [0.25, 0.3) is 0 Å². The number of carbonyl (C=O) groups is 2. The summed E-state index contributed by atoms with van der Waals surface area (Å²) in [5.74, 6) is 1.35. The van der Waals surface area contributed by atoms with E-state index in [-0.39, 0.29) is 11.8 Å². The summed E-state index contributed by atoms with van der Waals surface area (Å²) in [5.41, 5.74) is 13.2. The van der Waals surface area contributed by atoms with Crippen LogP contribution in [-0.4, -0.2) is 18.2 Å². The van der Waals surface area contributed by atoms with E-state index in [2.05, 4.69) is 19.1 Å². The summed E-state index contributed by atoms with van der Waals surface area (Å²) in [6.07, 6.45) is 11.1. The number of Topliss-reactive ketones (excluding diaryl/α,β-unsaturated/α-hetero) is 1. The number of rotatable bonds is 12. The number of hydrogen-bond acceptors (Lipinski definition) is 3. The minimum atomic E-state index is -0.214. The molecule has 1 unspecified atom stereocenters. The molecule has 0 aliphatic heterocycles. The Kier molecular flexibility index (Phi) is 9.69. The highest BCUT2D eigenvalue weighted by Gasteiger charge is 2.26. The highest BCUT2D eigenvalue weighted by Crippen LogP contribution is 2.32. The minimum absolute atomic E-state index is 0.165. The van der Waals surface area contributed by atoms with Crippen molar-refractivity contribution in [3.63, 3.8) is 0 Å². The maximum Gasteiger partial charge on any atom is 0.217 e. The molecule has 1 aliphatic rings. The molecule has 2 rings (SSSR count). The lowest BCUT2D eigenvalue weighted by Crippen LogP contribution is -2.25. The van der Waals surface area contributed by atoms with Crippen molar-refractivity contribution in [2.45, 2.75) is 83.5 Å². The van der Waals surface area contributed by atoms with Gasteiger partial charge in [0.05, 0.1) is 0 Å². The zero-order valence-electron chi connectivity index (χ0n) is 17.5. The van der Waals surface area contributed by atoms with Crippen LogP contribution >= 0.6 is 0 Å². The van der Waals surface area contributed by atoms with Gasteiger partial charge >= 0.3 is 0 Å². The second kappa shape index (κ2) is 12.0.